The van der Waals surface area contributed by atoms with E-state index in [0.717, 1.165) is 0 Å². The van der Waals surface area contributed by atoms with E-state index in [1.807, 2.05) is 0 Å². The van der Waals surface area contributed by atoms with Gasteiger partial charge in [-0.15, -0.1) is 5.73 Å². The summed E-state index contributed by atoms with van der Waals surface area (Å²) < 4.78 is 0. The van der Waals surface area contributed by atoms with E-state index in [1.165, 1.54) is 51.4 Å². The lowest BCUT2D eigenvalue weighted by Crippen LogP contribution is -1.73. The lowest BCUT2D eigenvalue weighted by molar-refractivity contribution is 0.750. The molecule has 0 radical (unpaired) electrons. The van der Waals surface area contributed by atoms with Gasteiger partial charge in [-0.3, -0.25) is 0 Å². The summed E-state index contributed by atoms with van der Waals surface area (Å²) >= 11 is 0. The van der Waals surface area contributed by atoms with Gasteiger partial charge >= 0.3 is 0 Å². The van der Waals surface area contributed by atoms with Gasteiger partial charge in [-0.1, -0.05) is 12.2 Å². The van der Waals surface area contributed by atoms with Crippen LogP contribution in [0.15, 0.2) is 30.0 Å². The van der Waals surface area contributed by atoms with Gasteiger partial charge in [-0.25, -0.2) is 0 Å². The topological polar surface area (TPSA) is 0 Å². The van der Waals surface area contributed by atoms with E-state index in [-0.39, 0.29) is 0 Å². The van der Waals surface area contributed by atoms with E-state index in [9.17, 15) is 0 Å². The molecule has 0 saturated heterocycles. The highest BCUT2D eigenvalue weighted by Gasteiger charge is 1.86. The molecule has 0 aliphatic heterocycles. The van der Waals surface area contributed by atoms with Crippen LogP contribution in [0, 0.1) is 0 Å². The Balaban J connectivity index is 2.28. The predicted octanol–water partition coefficient (Wildman–Crippen LogP) is 4.39. The van der Waals surface area contributed by atoms with Crippen LogP contribution in [0.5, 0.6) is 0 Å². The zero-order valence-electron chi connectivity index (χ0n) is 8.47. The van der Waals surface area contributed by atoms with Gasteiger partial charge in [0.1, 0.15) is 0 Å². The first kappa shape index (κ1) is 10.3. The van der Waals surface area contributed by atoms with Crippen LogP contribution in [0.2, 0.25) is 0 Å². The zero-order valence-corrected chi connectivity index (χ0v) is 8.47. The highest BCUT2D eigenvalue weighted by Crippen LogP contribution is 2.06. The van der Waals surface area contributed by atoms with Crippen molar-refractivity contribution in [3.05, 3.63) is 30.0 Å². The van der Waals surface area contributed by atoms with Gasteiger partial charge in [-0.2, -0.15) is 0 Å². The molecule has 1 aliphatic carbocycles. The monoisotopic (exact) mass is 176 g/mol. The summed E-state index contributed by atoms with van der Waals surface area (Å²) in [5.41, 5.74) is 3.25. The van der Waals surface area contributed by atoms with Crippen molar-refractivity contribution in [2.75, 3.05) is 0 Å². The van der Waals surface area contributed by atoms with Gasteiger partial charge in [0.25, 0.3) is 0 Å². The number of rotatable bonds is 0. The summed E-state index contributed by atoms with van der Waals surface area (Å²) in [4.78, 5) is 0. The van der Waals surface area contributed by atoms with Crippen LogP contribution in [0.3, 0.4) is 0 Å². The van der Waals surface area contributed by atoms with Crippen molar-refractivity contribution in [3.8, 4) is 0 Å². The summed E-state index contributed by atoms with van der Waals surface area (Å²) in [6.07, 6.45) is 19.2. The maximum Gasteiger partial charge on any atom is -0.0274 e. The molecule has 0 bridgehead atoms. The van der Waals surface area contributed by atoms with E-state index < -0.39 is 0 Å². The van der Waals surface area contributed by atoms with Gasteiger partial charge in [0, 0.05) is 0 Å². The third kappa shape index (κ3) is 6.42. The lowest BCUT2D eigenvalue weighted by atomic mass is 10.1. The minimum atomic E-state index is 1.20. The molecule has 0 aromatic carbocycles. The molecule has 0 spiro atoms. The molecule has 0 aromatic heterocycles. The van der Waals surface area contributed by atoms with Crippen molar-refractivity contribution in [1.29, 1.82) is 0 Å². The second-order valence-corrected chi connectivity index (χ2v) is 3.62. The average Bonchev–Trinajstić information content (AvgIpc) is 2.18. The van der Waals surface area contributed by atoms with Crippen LogP contribution < -0.4 is 0 Å². The predicted molar refractivity (Wildman–Crippen MR) is 58.7 cm³/mol. The van der Waals surface area contributed by atoms with Gasteiger partial charge in [0.15, 0.2) is 0 Å². The van der Waals surface area contributed by atoms with Gasteiger partial charge < -0.3 is 0 Å². The second kappa shape index (κ2) is 7.89. The van der Waals surface area contributed by atoms with E-state index in [2.05, 4.69) is 30.0 Å². The summed E-state index contributed by atoms with van der Waals surface area (Å²) in [7, 11) is 0. The lowest BCUT2D eigenvalue weighted by Gasteiger charge is -1.92. The van der Waals surface area contributed by atoms with Crippen molar-refractivity contribution in [1.82, 2.24) is 0 Å². The largest absolute Gasteiger partial charge is 0.130 e. The highest BCUT2D eigenvalue weighted by atomic mass is 13.9. The third-order valence-electron chi connectivity index (χ3n) is 2.34. The van der Waals surface area contributed by atoms with Crippen LogP contribution in [0.4, 0.5) is 0 Å². The van der Waals surface area contributed by atoms with E-state index >= 15 is 0 Å². The molecule has 0 fully saturated rings. The van der Waals surface area contributed by atoms with Crippen LogP contribution in [0.1, 0.15) is 51.4 Å². The summed E-state index contributed by atoms with van der Waals surface area (Å²) in [6, 6.07) is 0. The fraction of sp³-hybridized carbons (Fsp3) is 0.615. The van der Waals surface area contributed by atoms with Gasteiger partial charge in [0.05, 0.1) is 0 Å². The number of hydrogen-bond acceptors (Lipinski definition) is 0. The molecule has 0 nitrogen and oxygen atoms in total. The molecule has 0 amide bonds. The van der Waals surface area contributed by atoms with Crippen molar-refractivity contribution < 1.29 is 0 Å². The van der Waals surface area contributed by atoms with Crippen LogP contribution in [-0.2, 0) is 0 Å². The maximum absolute atomic E-state index is 3.25. The first-order valence-corrected chi connectivity index (χ1v) is 5.54. The normalized spacial score (nSPS) is 20.3. The Labute approximate surface area is 82.0 Å². The minimum Gasteiger partial charge on any atom is -0.130 e. The minimum absolute atomic E-state index is 1.20. The molecular weight excluding hydrogens is 156 g/mol. The standard InChI is InChI=1S/C13H20/c1-2-4-6-8-10-12-13-11-9-7-5-3-1/h1-2,11-12H,3-10H2. The Morgan fingerprint density at radius 2 is 1.08 bits per heavy atom. The quantitative estimate of drug-likeness (QED) is 0.379. The Morgan fingerprint density at radius 3 is 1.62 bits per heavy atom. The zero-order chi connectivity index (χ0) is 9.19. The Kier molecular flexibility index (Phi) is 6.27. The van der Waals surface area contributed by atoms with Crippen molar-refractivity contribution in [3.63, 3.8) is 0 Å². The van der Waals surface area contributed by atoms with Crippen molar-refractivity contribution in [2.45, 2.75) is 51.4 Å². The molecule has 0 heterocycles. The van der Waals surface area contributed by atoms with E-state index in [0.29, 0.717) is 0 Å². The van der Waals surface area contributed by atoms with Crippen molar-refractivity contribution >= 4 is 0 Å². The first-order valence-electron chi connectivity index (χ1n) is 5.54. The van der Waals surface area contributed by atoms with E-state index in [1.54, 1.807) is 0 Å². The van der Waals surface area contributed by atoms with Crippen molar-refractivity contribution in [2.24, 2.45) is 0 Å². The molecule has 0 N–H and O–H groups in total. The Hall–Kier alpha value is -0.740. The molecule has 1 rings (SSSR count). The molecule has 0 atom stereocenters. The van der Waals surface area contributed by atoms with E-state index in [4.69, 9.17) is 0 Å². The summed E-state index contributed by atoms with van der Waals surface area (Å²) in [6.45, 7) is 0. The average molecular weight is 176 g/mol. The molecule has 0 aromatic rings. The first-order chi connectivity index (χ1) is 6.50. The summed E-state index contributed by atoms with van der Waals surface area (Å²) in [5.74, 6) is 0. The third-order valence-corrected chi connectivity index (χ3v) is 2.34. The van der Waals surface area contributed by atoms with Crippen LogP contribution in [-0.4, -0.2) is 0 Å². The summed E-state index contributed by atoms with van der Waals surface area (Å²) in [5, 5.41) is 0. The molecule has 13 heavy (non-hydrogen) atoms. The molecular formula is C13H20. The molecule has 1 aliphatic rings. The number of allylic oxidation sites excluding steroid dienone is 3. The maximum atomic E-state index is 3.25. The fourth-order valence-corrected chi connectivity index (χ4v) is 1.50. The highest BCUT2D eigenvalue weighted by molar-refractivity contribution is 4.87. The molecule has 0 saturated carbocycles. The molecule has 0 unspecified atom stereocenters. The van der Waals surface area contributed by atoms with Gasteiger partial charge in [-0.05, 0) is 63.5 Å². The van der Waals surface area contributed by atoms with Crippen LogP contribution >= 0.6 is 0 Å². The molecule has 72 valence electrons. The Bertz CT molecular complexity index is 174. The SMILES string of the molecule is C1=CCCCCC=CCCCCC=1. The van der Waals surface area contributed by atoms with Crippen LogP contribution in [0.25, 0.3) is 0 Å². The Morgan fingerprint density at radius 1 is 0.615 bits per heavy atom. The fourth-order valence-electron chi connectivity index (χ4n) is 1.50. The second-order valence-electron chi connectivity index (χ2n) is 3.62. The smallest absolute Gasteiger partial charge is 0.0274 e. The van der Waals surface area contributed by atoms with Gasteiger partial charge in [0.2, 0.25) is 0 Å². The number of hydrogen-bond donors (Lipinski definition) is 0. The molecule has 0 heteroatoms.